The first-order valence-corrected chi connectivity index (χ1v) is 21.9. The minimum absolute atomic E-state index is 0.0155. The van der Waals surface area contributed by atoms with Gasteiger partial charge < -0.3 is 13.6 Å². The largest absolute Gasteiger partial charge is 0.415 e. The van der Waals surface area contributed by atoms with Crippen LogP contribution in [0.1, 0.15) is 42.2 Å². The number of ether oxygens (including phenoxy) is 1. The van der Waals surface area contributed by atoms with Gasteiger partial charge >= 0.3 is 12.9 Å². The highest BCUT2D eigenvalue weighted by atomic mass is 32.2. The van der Waals surface area contributed by atoms with Crippen LogP contribution >= 0.6 is 0 Å². The van der Waals surface area contributed by atoms with Gasteiger partial charge in [-0.2, -0.15) is 17.6 Å². The topological polar surface area (TPSA) is 165 Å². The van der Waals surface area contributed by atoms with E-state index >= 15 is 0 Å². The highest BCUT2D eigenvalue weighted by molar-refractivity contribution is 7.95. The molecule has 20 heteroatoms. The summed E-state index contributed by atoms with van der Waals surface area (Å²) in [5, 5.41) is 14.7. The molecule has 0 unspecified atom stereocenters. The maximum Gasteiger partial charge on any atom is 0.314 e. The van der Waals surface area contributed by atoms with E-state index in [1.807, 2.05) is 6.07 Å². The number of alkyl halides is 4. The Balaban J connectivity index is 0.000000210. The van der Waals surface area contributed by atoms with E-state index in [0.29, 0.717) is 54.4 Å². The molecule has 1 aliphatic heterocycles. The maximum absolute atomic E-state index is 13.4. The molecule has 0 aliphatic carbocycles. The fourth-order valence-electron chi connectivity index (χ4n) is 6.05. The first-order chi connectivity index (χ1) is 29.3. The summed E-state index contributed by atoms with van der Waals surface area (Å²) in [4.78, 5) is 2.11. The summed E-state index contributed by atoms with van der Waals surface area (Å²) in [7, 11) is -7.33. The molecule has 0 amide bonds. The quantitative estimate of drug-likeness (QED) is 0.0865. The van der Waals surface area contributed by atoms with Crippen LogP contribution in [0.5, 0.6) is 0 Å². The van der Waals surface area contributed by atoms with Crippen LogP contribution in [0, 0.1) is 0 Å². The first kappa shape index (κ1) is 44.6. The third-order valence-corrected chi connectivity index (χ3v) is 12.3. The lowest BCUT2D eigenvalue weighted by Gasteiger charge is -2.26. The second-order valence-corrected chi connectivity index (χ2v) is 17.2. The van der Waals surface area contributed by atoms with E-state index in [4.69, 9.17) is 13.6 Å². The number of halogens is 4. The number of anilines is 2. The third kappa shape index (κ3) is 12.1. The summed E-state index contributed by atoms with van der Waals surface area (Å²) in [6.45, 7) is 6.83. The van der Waals surface area contributed by atoms with Gasteiger partial charge in [-0.25, -0.2) is 16.8 Å². The first-order valence-electron chi connectivity index (χ1n) is 18.8. The molecule has 0 N–H and O–H groups in total. The Morgan fingerprint density at radius 3 is 1.57 bits per heavy atom. The van der Waals surface area contributed by atoms with Gasteiger partial charge in [0.05, 0.1) is 36.8 Å². The zero-order chi connectivity index (χ0) is 43.4. The van der Waals surface area contributed by atoms with Crippen LogP contribution in [0.3, 0.4) is 0 Å². The van der Waals surface area contributed by atoms with Crippen molar-refractivity contribution < 1.29 is 48.0 Å². The van der Waals surface area contributed by atoms with E-state index in [2.05, 4.69) is 31.9 Å². The lowest BCUT2D eigenvalue weighted by molar-refractivity contribution is 0.115. The van der Waals surface area contributed by atoms with Gasteiger partial charge in [-0.1, -0.05) is 67.2 Å². The lowest BCUT2D eigenvalue weighted by atomic mass is 10.1. The number of hydrogen-bond donors (Lipinski definition) is 0. The molecule has 1 fully saturated rings. The molecule has 1 saturated heterocycles. The van der Waals surface area contributed by atoms with Crippen molar-refractivity contribution in [2.75, 3.05) is 47.2 Å². The second kappa shape index (κ2) is 20.5. The van der Waals surface area contributed by atoms with Gasteiger partial charge in [-0.15, -0.1) is 20.4 Å². The zero-order valence-electron chi connectivity index (χ0n) is 32.5. The van der Waals surface area contributed by atoms with Crippen LogP contribution in [-0.2, 0) is 37.9 Å². The average Bonchev–Trinajstić information content (AvgIpc) is 3.91. The van der Waals surface area contributed by atoms with Crippen LogP contribution in [0.15, 0.2) is 130 Å². The smallest absolute Gasteiger partial charge is 0.314 e. The molecule has 1 aliphatic rings. The molecule has 0 saturated carbocycles. The number of hydrogen-bond acceptors (Lipinski definition) is 12. The van der Waals surface area contributed by atoms with Crippen LogP contribution in [0.25, 0.3) is 22.9 Å². The molecular formula is C41H41F4N7O7S2. The summed E-state index contributed by atoms with van der Waals surface area (Å²) in [5.74, 6) is -1.55. The summed E-state index contributed by atoms with van der Waals surface area (Å²) in [5.41, 5.74) is 3.41. The fraction of sp³-hybridized carbons (Fsp3) is 0.268. The van der Waals surface area contributed by atoms with Crippen LogP contribution < -0.4 is 8.61 Å². The average molecular weight is 884 g/mol. The van der Waals surface area contributed by atoms with E-state index in [-0.39, 0.29) is 30.6 Å². The van der Waals surface area contributed by atoms with Crippen molar-refractivity contribution in [3.05, 3.63) is 144 Å². The van der Waals surface area contributed by atoms with Crippen molar-refractivity contribution in [1.82, 2.24) is 25.3 Å². The molecule has 4 aromatic carbocycles. The lowest BCUT2D eigenvalue weighted by Crippen LogP contribution is -2.38. The Kier molecular flexibility index (Phi) is 15.0. The SMILES string of the molecule is C=CS(=O)(=O)N(Cc1ccc(-c2nnc(C(F)F)o2)cc1)c1ccccc1.O=S(=O)(CCN1CCCOCC1)N(Cc1ccc(-c2nnc(C(F)F)o2)cc1)c1ccccc1. The molecule has 61 heavy (non-hydrogen) atoms. The molecule has 3 heterocycles. The maximum atomic E-state index is 13.4. The molecule has 6 aromatic rings. The van der Waals surface area contributed by atoms with E-state index in [0.717, 1.165) is 23.9 Å². The van der Waals surface area contributed by atoms with Gasteiger partial charge in [0.2, 0.25) is 21.8 Å². The van der Waals surface area contributed by atoms with Gasteiger partial charge in [0.25, 0.3) is 21.8 Å². The molecule has 0 bridgehead atoms. The van der Waals surface area contributed by atoms with Gasteiger partial charge in [0.1, 0.15) is 0 Å². The van der Waals surface area contributed by atoms with Gasteiger partial charge in [0.15, 0.2) is 0 Å². The van der Waals surface area contributed by atoms with Crippen molar-refractivity contribution in [2.45, 2.75) is 32.4 Å². The molecule has 14 nitrogen and oxygen atoms in total. The van der Waals surface area contributed by atoms with Gasteiger partial charge in [-0.05, 0) is 66.1 Å². The predicted molar refractivity (Wildman–Crippen MR) is 219 cm³/mol. The van der Waals surface area contributed by atoms with E-state index < -0.39 is 44.7 Å². The number of sulfonamides is 2. The van der Waals surface area contributed by atoms with Crippen molar-refractivity contribution in [1.29, 1.82) is 0 Å². The zero-order valence-corrected chi connectivity index (χ0v) is 34.1. The van der Waals surface area contributed by atoms with Crippen LogP contribution in [0.4, 0.5) is 28.9 Å². The number of nitrogens with zero attached hydrogens (tertiary/aromatic N) is 7. The molecule has 0 spiro atoms. The molecule has 322 valence electrons. The Hall–Kier alpha value is -5.96. The van der Waals surface area contributed by atoms with Crippen molar-refractivity contribution in [3.63, 3.8) is 0 Å². The van der Waals surface area contributed by atoms with Crippen LogP contribution in [-0.4, -0.2) is 80.7 Å². The molecule has 0 atom stereocenters. The Morgan fingerprint density at radius 2 is 1.11 bits per heavy atom. The Bertz CT molecular complexity index is 2520. The number of aromatic nitrogens is 4. The Labute approximate surface area is 350 Å². The normalized spacial score (nSPS) is 13.7. The van der Waals surface area contributed by atoms with Crippen LogP contribution in [0.2, 0.25) is 0 Å². The Morgan fingerprint density at radius 1 is 0.639 bits per heavy atom. The fourth-order valence-corrected chi connectivity index (χ4v) is 8.47. The predicted octanol–water partition coefficient (Wildman–Crippen LogP) is 7.89. The van der Waals surface area contributed by atoms with Crippen molar-refractivity contribution in [3.8, 4) is 22.9 Å². The van der Waals surface area contributed by atoms with Gasteiger partial charge in [0, 0.05) is 42.8 Å². The molecule has 7 rings (SSSR count). The number of para-hydroxylation sites is 2. The van der Waals surface area contributed by atoms with E-state index in [9.17, 15) is 34.4 Å². The minimum Gasteiger partial charge on any atom is -0.415 e. The molecule has 2 aromatic heterocycles. The molecular weight excluding hydrogens is 843 g/mol. The molecule has 0 radical (unpaired) electrons. The third-order valence-electron chi connectivity index (χ3n) is 9.23. The second-order valence-electron chi connectivity index (χ2n) is 13.4. The summed E-state index contributed by atoms with van der Waals surface area (Å²) < 4.78 is 120. The number of rotatable bonds is 16. The van der Waals surface area contributed by atoms with Crippen molar-refractivity contribution in [2.24, 2.45) is 0 Å². The highest BCUT2D eigenvalue weighted by Gasteiger charge is 2.25. The number of benzene rings is 4. The van der Waals surface area contributed by atoms with Gasteiger partial charge in [-0.3, -0.25) is 13.5 Å². The minimum atomic E-state index is -3.71. The van der Waals surface area contributed by atoms with E-state index in [1.54, 1.807) is 103 Å². The van der Waals surface area contributed by atoms with Crippen molar-refractivity contribution >= 4 is 31.4 Å². The van der Waals surface area contributed by atoms with E-state index in [1.165, 1.54) is 8.61 Å². The summed E-state index contributed by atoms with van der Waals surface area (Å²) >= 11 is 0. The highest BCUT2D eigenvalue weighted by Crippen LogP contribution is 2.28. The summed E-state index contributed by atoms with van der Waals surface area (Å²) in [6, 6.07) is 30.8. The summed E-state index contributed by atoms with van der Waals surface area (Å²) in [6.07, 6.45) is -4.80. The monoisotopic (exact) mass is 883 g/mol. The standard InChI is InChI=1S/C23H26F2N4O4S.C18H15F2N3O3S/c24-21(25)23-27-26-22(33-23)19-9-7-18(8-10-19)17-29(20-5-2-1-3-6-20)34(30,31)16-13-28-11-4-14-32-15-12-28;1-2-27(24,25)23(15-6-4-3-5-7-15)12-13-8-10-14(11-9-13)17-21-22-18(26-17)16(19)20/h1-3,5-10,21H,4,11-17H2;2-11,16H,1,12H2.